The number of pyridine rings is 1. The normalized spacial score (nSPS) is 16.4. The number of aromatic nitrogens is 3. The Balaban J connectivity index is 1.66. The maximum Gasteiger partial charge on any atom is 0.316 e. The molecule has 0 radical (unpaired) electrons. The van der Waals surface area contributed by atoms with Crippen LogP contribution in [0.4, 0.5) is 0 Å². The van der Waals surface area contributed by atoms with E-state index in [9.17, 15) is 4.79 Å². The minimum atomic E-state index is -0.283. The average molecular weight is 286 g/mol. The molecule has 1 aliphatic carbocycles. The van der Waals surface area contributed by atoms with Crippen LogP contribution < -0.4 is 5.32 Å². The third-order valence-corrected chi connectivity index (χ3v) is 3.75. The van der Waals surface area contributed by atoms with Gasteiger partial charge in [0.25, 0.3) is 0 Å². The Morgan fingerprint density at radius 3 is 2.57 bits per heavy atom. The zero-order valence-corrected chi connectivity index (χ0v) is 11.8. The smallest absolute Gasteiger partial charge is 0.316 e. The molecule has 21 heavy (non-hydrogen) atoms. The lowest BCUT2D eigenvalue weighted by Crippen LogP contribution is -2.34. The Morgan fingerprint density at radius 1 is 1.14 bits per heavy atom. The maximum atomic E-state index is 12.2. The van der Waals surface area contributed by atoms with Crippen LogP contribution in [0.15, 0.2) is 29.0 Å². The van der Waals surface area contributed by atoms with Crippen LogP contribution in [0.5, 0.6) is 0 Å². The van der Waals surface area contributed by atoms with E-state index in [1.54, 1.807) is 24.5 Å². The summed E-state index contributed by atoms with van der Waals surface area (Å²) in [6.45, 7) is 0. The molecule has 1 saturated carbocycles. The van der Waals surface area contributed by atoms with Crippen LogP contribution >= 0.6 is 0 Å². The standard InChI is InChI=1S/C15H18N4O2/c20-14(17-12-5-3-1-2-4-6-12)15-18-13(19-21-15)11-7-9-16-10-8-11/h7-10,12H,1-6H2,(H,17,20). The monoisotopic (exact) mass is 286 g/mol. The molecule has 1 fully saturated rings. The summed E-state index contributed by atoms with van der Waals surface area (Å²) < 4.78 is 5.06. The Kier molecular flexibility index (Phi) is 4.23. The van der Waals surface area contributed by atoms with Crippen LogP contribution in [0.3, 0.4) is 0 Å². The lowest BCUT2D eigenvalue weighted by atomic mass is 10.1. The van der Waals surface area contributed by atoms with E-state index in [1.165, 1.54) is 12.8 Å². The van der Waals surface area contributed by atoms with Crippen LogP contribution in [0.1, 0.15) is 49.2 Å². The molecule has 1 N–H and O–H groups in total. The largest absolute Gasteiger partial charge is 0.345 e. The number of rotatable bonds is 3. The van der Waals surface area contributed by atoms with Gasteiger partial charge in [-0.3, -0.25) is 9.78 Å². The summed E-state index contributed by atoms with van der Waals surface area (Å²) in [4.78, 5) is 20.2. The molecule has 0 atom stereocenters. The maximum absolute atomic E-state index is 12.2. The Labute approximate surface area is 123 Å². The van der Waals surface area contributed by atoms with E-state index in [0.717, 1.165) is 31.2 Å². The molecule has 6 nitrogen and oxygen atoms in total. The SMILES string of the molecule is O=C(NC1CCCCCC1)c1nc(-c2ccncc2)no1. The first-order chi connectivity index (χ1) is 10.3. The van der Waals surface area contributed by atoms with Crippen molar-refractivity contribution in [2.75, 3.05) is 0 Å². The summed E-state index contributed by atoms with van der Waals surface area (Å²) >= 11 is 0. The van der Waals surface area contributed by atoms with Crippen molar-refractivity contribution in [3.63, 3.8) is 0 Å². The Bertz CT molecular complexity index is 589. The zero-order chi connectivity index (χ0) is 14.5. The number of carbonyl (C=O) groups is 1. The second-order valence-corrected chi connectivity index (χ2v) is 5.32. The molecule has 0 spiro atoms. The van der Waals surface area contributed by atoms with Gasteiger partial charge in [-0.05, 0) is 25.0 Å². The molecular weight excluding hydrogens is 268 g/mol. The number of carbonyl (C=O) groups excluding carboxylic acids is 1. The van der Waals surface area contributed by atoms with Gasteiger partial charge >= 0.3 is 11.8 Å². The molecule has 0 aromatic carbocycles. The summed E-state index contributed by atoms with van der Waals surface area (Å²) in [5.74, 6) is 0.143. The summed E-state index contributed by atoms with van der Waals surface area (Å²) in [5.41, 5.74) is 0.780. The van der Waals surface area contributed by atoms with Crippen LogP contribution in [-0.2, 0) is 0 Å². The lowest BCUT2D eigenvalue weighted by molar-refractivity contribution is 0.0889. The first-order valence-electron chi connectivity index (χ1n) is 7.38. The summed E-state index contributed by atoms with van der Waals surface area (Å²) in [5, 5.41) is 6.84. The van der Waals surface area contributed by atoms with Crippen molar-refractivity contribution in [3.05, 3.63) is 30.4 Å². The van der Waals surface area contributed by atoms with E-state index in [4.69, 9.17) is 4.52 Å². The van der Waals surface area contributed by atoms with Gasteiger partial charge in [0, 0.05) is 24.0 Å². The van der Waals surface area contributed by atoms with E-state index in [-0.39, 0.29) is 17.8 Å². The van der Waals surface area contributed by atoms with Crippen molar-refractivity contribution >= 4 is 5.91 Å². The molecule has 2 heterocycles. The molecule has 0 unspecified atom stereocenters. The van der Waals surface area contributed by atoms with Crippen molar-refractivity contribution in [1.29, 1.82) is 0 Å². The van der Waals surface area contributed by atoms with Crippen molar-refractivity contribution < 1.29 is 9.32 Å². The topological polar surface area (TPSA) is 80.9 Å². The number of nitrogens with one attached hydrogen (secondary N) is 1. The first-order valence-corrected chi connectivity index (χ1v) is 7.38. The number of amides is 1. The fraction of sp³-hybridized carbons (Fsp3) is 0.467. The van der Waals surface area contributed by atoms with Crippen LogP contribution in [-0.4, -0.2) is 27.1 Å². The number of hydrogen-bond donors (Lipinski definition) is 1. The fourth-order valence-corrected chi connectivity index (χ4v) is 2.60. The quantitative estimate of drug-likeness (QED) is 0.877. The predicted octanol–water partition coefficient (Wildman–Crippen LogP) is 2.58. The van der Waals surface area contributed by atoms with Crippen LogP contribution in [0, 0.1) is 0 Å². The number of hydrogen-bond acceptors (Lipinski definition) is 5. The van der Waals surface area contributed by atoms with Crippen LogP contribution in [0.25, 0.3) is 11.4 Å². The molecule has 1 amide bonds. The van der Waals surface area contributed by atoms with Gasteiger partial charge in [-0.1, -0.05) is 30.8 Å². The lowest BCUT2D eigenvalue weighted by Gasteiger charge is -2.14. The van der Waals surface area contributed by atoms with Crippen molar-refractivity contribution in [2.24, 2.45) is 0 Å². The summed E-state index contributed by atoms with van der Waals surface area (Å²) in [7, 11) is 0. The highest BCUT2D eigenvalue weighted by Gasteiger charge is 2.20. The first kappa shape index (κ1) is 13.7. The molecular formula is C15H18N4O2. The number of nitrogens with zero attached hydrogens (tertiary/aromatic N) is 3. The van der Waals surface area contributed by atoms with Gasteiger partial charge in [0.1, 0.15) is 0 Å². The van der Waals surface area contributed by atoms with Crippen molar-refractivity contribution in [2.45, 2.75) is 44.6 Å². The van der Waals surface area contributed by atoms with Gasteiger partial charge in [0.2, 0.25) is 5.82 Å². The molecule has 0 saturated heterocycles. The van der Waals surface area contributed by atoms with E-state index in [0.29, 0.717) is 5.82 Å². The minimum absolute atomic E-state index is 0.0195. The predicted molar refractivity (Wildman–Crippen MR) is 76.5 cm³/mol. The second-order valence-electron chi connectivity index (χ2n) is 5.32. The van der Waals surface area contributed by atoms with Gasteiger partial charge in [0.15, 0.2) is 0 Å². The molecule has 2 aromatic rings. The van der Waals surface area contributed by atoms with Gasteiger partial charge < -0.3 is 9.84 Å². The highest BCUT2D eigenvalue weighted by atomic mass is 16.5. The average Bonchev–Trinajstić information content (AvgIpc) is 2.88. The summed E-state index contributed by atoms with van der Waals surface area (Å²) in [6.07, 6.45) is 10.2. The van der Waals surface area contributed by atoms with E-state index >= 15 is 0 Å². The molecule has 6 heteroatoms. The molecule has 2 aromatic heterocycles. The van der Waals surface area contributed by atoms with E-state index in [2.05, 4.69) is 20.4 Å². The summed E-state index contributed by atoms with van der Waals surface area (Å²) in [6, 6.07) is 3.77. The van der Waals surface area contributed by atoms with Crippen molar-refractivity contribution in [3.8, 4) is 11.4 Å². The van der Waals surface area contributed by atoms with E-state index in [1.807, 2.05) is 0 Å². The third-order valence-electron chi connectivity index (χ3n) is 3.75. The fourth-order valence-electron chi connectivity index (χ4n) is 2.60. The van der Waals surface area contributed by atoms with E-state index < -0.39 is 0 Å². The molecule has 3 rings (SSSR count). The highest BCUT2D eigenvalue weighted by molar-refractivity contribution is 5.90. The van der Waals surface area contributed by atoms with Gasteiger partial charge in [-0.15, -0.1) is 0 Å². The Morgan fingerprint density at radius 2 is 1.86 bits per heavy atom. The molecule has 0 aliphatic heterocycles. The second kappa shape index (κ2) is 6.47. The zero-order valence-electron chi connectivity index (χ0n) is 11.8. The third kappa shape index (κ3) is 3.45. The highest BCUT2D eigenvalue weighted by Crippen LogP contribution is 2.18. The molecule has 110 valence electrons. The van der Waals surface area contributed by atoms with Gasteiger partial charge in [0.05, 0.1) is 0 Å². The van der Waals surface area contributed by atoms with Crippen molar-refractivity contribution in [1.82, 2.24) is 20.4 Å². The minimum Gasteiger partial charge on any atom is -0.345 e. The van der Waals surface area contributed by atoms with Crippen LogP contribution in [0.2, 0.25) is 0 Å². The molecule has 0 bridgehead atoms. The molecule has 1 aliphatic rings. The van der Waals surface area contributed by atoms with Gasteiger partial charge in [-0.25, -0.2) is 0 Å². The Hall–Kier alpha value is -2.24. The van der Waals surface area contributed by atoms with Gasteiger partial charge in [-0.2, -0.15) is 4.98 Å².